The molecule has 0 aliphatic heterocycles. The molecule has 8 heteroatoms. The van der Waals surface area contributed by atoms with Crippen molar-refractivity contribution in [1.82, 2.24) is 0 Å². The van der Waals surface area contributed by atoms with Gasteiger partial charge in [-0.15, -0.1) is 0 Å². The summed E-state index contributed by atoms with van der Waals surface area (Å²) in [6.45, 7) is -0.396. The van der Waals surface area contributed by atoms with Gasteiger partial charge in [0, 0.05) is 11.6 Å². The van der Waals surface area contributed by atoms with E-state index in [2.05, 4.69) is 5.32 Å². The summed E-state index contributed by atoms with van der Waals surface area (Å²) in [7, 11) is 2.73. The Balaban J connectivity index is 2.13. The van der Waals surface area contributed by atoms with Crippen LogP contribution in [0.4, 0.5) is 10.1 Å². The predicted octanol–water partition coefficient (Wildman–Crippen LogP) is 1.22. The molecular formula is C17H15FNO6-. The van der Waals surface area contributed by atoms with Crippen LogP contribution in [-0.4, -0.2) is 32.7 Å². The molecule has 25 heavy (non-hydrogen) atoms. The van der Waals surface area contributed by atoms with Gasteiger partial charge >= 0.3 is 0 Å². The highest BCUT2D eigenvalue weighted by Gasteiger charge is 2.14. The number of carboxylic acids is 1. The summed E-state index contributed by atoms with van der Waals surface area (Å²) in [5, 5.41) is 13.7. The second kappa shape index (κ2) is 8.00. The topological polar surface area (TPSA) is 96.9 Å². The molecule has 0 atom stereocenters. The third-order valence-corrected chi connectivity index (χ3v) is 3.20. The van der Waals surface area contributed by atoms with Gasteiger partial charge in [0.2, 0.25) is 0 Å². The highest BCUT2D eigenvalue weighted by molar-refractivity contribution is 6.01. The number of halogens is 1. The maximum absolute atomic E-state index is 12.8. The zero-order valence-corrected chi connectivity index (χ0v) is 13.5. The molecule has 0 aliphatic carbocycles. The molecule has 1 N–H and O–H groups in total. The van der Waals surface area contributed by atoms with Gasteiger partial charge in [-0.3, -0.25) is 4.79 Å². The lowest BCUT2D eigenvalue weighted by molar-refractivity contribution is -0.254. The lowest BCUT2D eigenvalue weighted by Crippen LogP contribution is -2.26. The number of nitrogens with one attached hydrogen (secondary N) is 1. The number of amides is 1. The lowest BCUT2D eigenvalue weighted by atomic mass is 10.1. The molecule has 0 saturated carbocycles. The minimum absolute atomic E-state index is 0.0228. The molecule has 0 aromatic heterocycles. The van der Waals surface area contributed by atoms with Gasteiger partial charge in [0.15, 0.2) is 18.1 Å². The number of benzene rings is 2. The molecule has 0 aliphatic rings. The van der Waals surface area contributed by atoms with Gasteiger partial charge < -0.3 is 29.4 Å². The molecule has 132 valence electrons. The molecule has 1 amide bonds. The van der Waals surface area contributed by atoms with E-state index in [4.69, 9.17) is 14.2 Å². The maximum Gasteiger partial charge on any atom is 0.262 e. The second-order valence-corrected chi connectivity index (χ2v) is 4.83. The van der Waals surface area contributed by atoms with E-state index in [0.717, 1.165) is 0 Å². The highest BCUT2D eigenvalue weighted by Crippen LogP contribution is 2.33. The van der Waals surface area contributed by atoms with Gasteiger partial charge in [0.05, 0.1) is 25.9 Å². The van der Waals surface area contributed by atoms with Gasteiger partial charge in [0.25, 0.3) is 5.91 Å². The van der Waals surface area contributed by atoms with Gasteiger partial charge in [-0.25, -0.2) is 4.39 Å². The Morgan fingerprint density at radius 2 is 1.68 bits per heavy atom. The van der Waals surface area contributed by atoms with Gasteiger partial charge in [-0.05, 0) is 30.3 Å². The monoisotopic (exact) mass is 348 g/mol. The molecule has 0 fully saturated rings. The van der Waals surface area contributed by atoms with Crippen molar-refractivity contribution in [3.63, 3.8) is 0 Å². The SMILES string of the molecule is COc1cc(NC(=O)COc2ccc(F)cc2)c(C(=O)[O-])cc1OC. The first-order valence-corrected chi connectivity index (χ1v) is 7.10. The summed E-state index contributed by atoms with van der Waals surface area (Å²) in [5.74, 6) is -1.82. The summed E-state index contributed by atoms with van der Waals surface area (Å²) >= 11 is 0. The van der Waals surface area contributed by atoms with E-state index in [1.54, 1.807) is 0 Å². The molecule has 2 rings (SSSR count). The molecule has 0 radical (unpaired) electrons. The maximum atomic E-state index is 12.8. The first kappa shape index (κ1) is 18.1. The summed E-state index contributed by atoms with van der Waals surface area (Å²) in [4.78, 5) is 23.2. The molecule has 0 unspecified atom stereocenters. The minimum Gasteiger partial charge on any atom is -0.545 e. The van der Waals surface area contributed by atoms with Crippen LogP contribution >= 0.6 is 0 Å². The molecular weight excluding hydrogens is 333 g/mol. The minimum atomic E-state index is -1.49. The Morgan fingerprint density at radius 3 is 2.24 bits per heavy atom. The normalized spacial score (nSPS) is 10.0. The lowest BCUT2D eigenvalue weighted by Gasteiger charge is -2.16. The number of anilines is 1. The standard InChI is InChI=1S/C17H16FNO6/c1-23-14-7-12(17(21)22)13(8-15(14)24-2)19-16(20)9-25-11-5-3-10(18)4-6-11/h3-8H,9H2,1-2H3,(H,19,20)(H,21,22)/p-1. The molecule has 2 aromatic rings. The largest absolute Gasteiger partial charge is 0.545 e. The van der Waals surface area contributed by atoms with Crippen molar-refractivity contribution in [3.05, 3.63) is 47.8 Å². The van der Waals surface area contributed by atoms with Gasteiger partial charge in [0.1, 0.15) is 11.6 Å². The first-order chi connectivity index (χ1) is 11.9. The van der Waals surface area contributed by atoms with E-state index in [9.17, 15) is 19.1 Å². The van der Waals surface area contributed by atoms with Gasteiger partial charge in [-0.1, -0.05) is 0 Å². The van der Waals surface area contributed by atoms with Crippen molar-refractivity contribution >= 4 is 17.6 Å². The number of hydrogen-bond acceptors (Lipinski definition) is 6. The fourth-order valence-corrected chi connectivity index (χ4v) is 2.02. The van der Waals surface area contributed by atoms with Crippen LogP contribution in [0.25, 0.3) is 0 Å². The second-order valence-electron chi connectivity index (χ2n) is 4.83. The summed E-state index contributed by atoms with van der Waals surface area (Å²) in [5.41, 5.74) is -0.293. The van der Waals surface area contributed by atoms with E-state index in [0.29, 0.717) is 5.75 Å². The van der Waals surface area contributed by atoms with E-state index < -0.39 is 24.3 Å². The van der Waals surface area contributed by atoms with Crippen LogP contribution in [0.15, 0.2) is 36.4 Å². The van der Waals surface area contributed by atoms with E-state index >= 15 is 0 Å². The average Bonchev–Trinajstić information content (AvgIpc) is 2.60. The number of hydrogen-bond donors (Lipinski definition) is 1. The average molecular weight is 348 g/mol. The fourth-order valence-electron chi connectivity index (χ4n) is 2.02. The van der Waals surface area contributed by atoms with E-state index in [1.165, 1.54) is 50.6 Å². The van der Waals surface area contributed by atoms with Crippen molar-refractivity contribution in [1.29, 1.82) is 0 Å². The molecule has 7 nitrogen and oxygen atoms in total. The highest BCUT2D eigenvalue weighted by atomic mass is 19.1. The molecule has 0 heterocycles. The van der Waals surface area contributed by atoms with Crippen molar-refractivity contribution in [2.75, 3.05) is 26.1 Å². The first-order valence-electron chi connectivity index (χ1n) is 7.10. The van der Waals surface area contributed by atoms with Crippen molar-refractivity contribution < 1.29 is 33.3 Å². The summed E-state index contributed by atoms with van der Waals surface area (Å²) in [6.07, 6.45) is 0. The Hall–Kier alpha value is -3.29. The van der Waals surface area contributed by atoms with E-state index in [1.807, 2.05) is 0 Å². The number of carbonyl (C=O) groups excluding carboxylic acids is 2. The molecule has 0 spiro atoms. The van der Waals surface area contributed by atoms with Crippen LogP contribution in [0.2, 0.25) is 0 Å². The predicted molar refractivity (Wildman–Crippen MR) is 84.4 cm³/mol. The number of ether oxygens (including phenoxy) is 3. The summed E-state index contributed by atoms with van der Waals surface area (Å²) < 4.78 is 28.1. The third-order valence-electron chi connectivity index (χ3n) is 3.20. The van der Waals surface area contributed by atoms with Crippen LogP contribution in [0, 0.1) is 5.82 Å². The Labute approximate surface area is 142 Å². The van der Waals surface area contributed by atoms with Crippen LogP contribution in [0.1, 0.15) is 10.4 Å². The van der Waals surface area contributed by atoms with Gasteiger partial charge in [-0.2, -0.15) is 0 Å². The zero-order chi connectivity index (χ0) is 18.4. The van der Waals surface area contributed by atoms with Crippen LogP contribution in [0.3, 0.4) is 0 Å². The number of aromatic carboxylic acids is 1. The Bertz CT molecular complexity index is 775. The van der Waals surface area contributed by atoms with Crippen molar-refractivity contribution in [2.24, 2.45) is 0 Å². The summed E-state index contributed by atoms with van der Waals surface area (Å²) in [6, 6.07) is 7.60. The molecule has 0 saturated heterocycles. The van der Waals surface area contributed by atoms with E-state index in [-0.39, 0.29) is 22.7 Å². The zero-order valence-electron chi connectivity index (χ0n) is 13.5. The third kappa shape index (κ3) is 4.60. The number of carboxylic acid groups (broad SMARTS) is 1. The van der Waals surface area contributed by atoms with Crippen LogP contribution < -0.4 is 24.6 Å². The van der Waals surface area contributed by atoms with Crippen molar-refractivity contribution in [2.45, 2.75) is 0 Å². The number of methoxy groups -OCH3 is 2. The Kier molecular flexibility index (Phi) is 5.78. The quantitative estimate of drug-likeness (QED) is 0.808. The number of rotatable bonds is 7. The number of carbonyl (C=O) groups is 2. The Morgan fingerprint density at radius 1 is 1.08 bits per heavy atom. The van der Waals surface area contributed by atoms with Crippen LogP contribution in [-0.2, 0) is 4.79 Å². The fraction of sp³-hybridized carbons (Fsp3) is 0.176. The van der Waals surface area contributed by atoms with Crippen LogP contribution in [0.5, 0.6) is 17.2 Å². The smallest absolute Gasteiger partial charge is 0.262 e. The van der Waals surface area contributed by atoms with Crippen molar-refractivity contribution in [3.8, 4) is 17.2 Å². The molecule has 0 bridgehead atoms. The molecule has 2 aromatic carbocycles.